The summed E-state index contributed by atoms with van der Waals surface area (Å²) in [6, 6.07) is 64.5. The summed E-state index contributed by atoms with van der Waals surface area (Å²) in [5.41, 5.74) is 9.66. The van der Waals surface area contributed by atoms with Crippen molar-refractivity contribution in [2.75, 3.05) is 0 Å². The first-order valence-corrected chi connectivity index (χ1v) is 25.4. The number of benzene rings is 9. The monoisotopic (exact) mass is 907 g/mol. The van der Waals surface area contributed by atoms with Gasteiger partial charge in [0.15, 0.2) is 5.84 Å². The Morgan fingerprint density at radius 3 is 1.93 bits per heavy atom. The van der Waals surface area contributed by atoms with Crippen molar-refractivity contribution in [3.05, 3.63) is 204 Å². The van der Waals surface area contributed by atoms with Gasteiger partial charge in [0, 0.05) is 80.3 Å². The number of aliphatic imine (C=N–C) groups is 2. The Hall–Kier alpha value is -7.64. The van der Waals surface area contributed by atoms with E-state index in [0.717, 1.165) is 68.6 Å². The fourth-order valence-corrected chi connectivity index (χ4v) is 14.4. The molecular weight excluding hydrogens is 867 g/mol. The van der Waals surface area contributed by atoms with Crippen molar-refractivity contribution in [1.82, 2.24) is 4.57 Å². The van der Waals surface area contributed by atoms with E-state index in [2.05, 4.69) is 200 Å². The van der Waals surface area contributed by atoms with Gasteiger partial charge in [0.25, 0.3) is 0 Å². The Bertz CT molecular complexity index is 4290. The van der Waals surface area contributed by atoms with Crippen molar-refractivity contribution >= 4 is 136 Å². The zero-order valence-corrected chi connectivity index (χ0v) is 38.7. The summed E-state index contributed by atoms with van der Waals surface area (Å²) in [6.45, 7) is 2.34. The predicted molar refractivity (Wildman–Crippen MR) is 291 cm³/mol. The number of rotatable bonds is 5. The first-order valence-electron chi connectivity index (χ1n) is 23.7. The van der Waals surface area contributed by atoms with Crippen LogP contribution in [0.15, 0.2) is 196 Å². The summed E-state index contributed by atoms with van der Waals surface area (Å²) in [6.07, 6.45) is 6.59. The maximum absolute atomic E-state index is 6.79. The number of amidine groups is 1. The molecule has 3 atom stereocenters. The van der Waals surface area contributed by atoms with Gasteiger partial charge in [-0.2, -0.15) is 0 Å². The molecule has 15 rings (SSSR count). The number of allylic oxidation sites excluding steroid dienone is 1. The van der Waals surface area contributed by atoms with Crippen LogP contribution in [0.25, 0.3) is 107 Å². The third-order valence-corrected chi connectivity index (χ3v) is 17.5. The van der Waals surface area contributed by atoms with E-state index >= 15 is 0 Å². The van der Waals surface area contributed by atoms with Crippen molar-refractivity contribution < 1.29 is 4.42 Å². The Morgan fingerprint density at radius 1 is 0.559 bits per heavy atom. The lowest BCUT2D eigenvalue weighted by Gasteiger charge is -2.35. The average molecular weight is 908 g/mol. The lowest BCUT2D eigenvalue weighted by molar-refractivity contribution is 0.436. The third-order valence-electron chi connectivity index (χ3n) is 14.9. The van der Waals surface area contributed by atoms with Crippen LogP contribution in [0, 0.1) is 5.92 Å². The van der Waals surface area contributed by atoms with Gasteiger partial charge in [-0.15, -0.1) is 22.7 Å². The molecule has 3 unspecified atom stereocenters. The number of furan rings is 1. The van der Waals surface area contributed by atoms with Crippen molar-refractivity contribution in [2.45, 2.75) is 31.7 Å². The molecule has 13 aromatic rings. The normalized spacial score (nSPS) is 17.5. The second kappa shape index (κ2) is 14.7. The van der Waals surface area contributed by atoms with Crippen LogP contribution < -0.4 is 0 Å². The minimum atomic E-state index is -0.0698. The highest BCUT2D eigenvalue weighted by Crippen LogP contribution is 2.49. The van der Waals surface area contributed by atoms with Gasteiger partial charge < -0.3 is 8.98 Å². The second-order valence-electron chi connectivity index (χ2n) is 18.6. The average Bonchev–Trinajstić information content (AvgIpc) is 4.15. The van der Waals surface area contributed by atoms with E-state index in [1.807, 2.05) is 22.7 Å². The van der Waals surface area contributed by atoms with E-state index in [0.29, 0.717) is 0 Å². The summed E-state index contributed by atoms with van der Waals surface area (Å²) in [7, 11) is 0. The van der Waals surface area contributed by atoms with E-state index in [-0.39, 0.29) is 17.9 Å². The maximum atomic E-state index is 6.79. The Balaban J connectivity index is 1.06. The fraction of sp³-hybridized carbons (Fsp3) is 0.0968. The molecule has 0 N–H and O–H groups in total. The summed E-state index contributed by atoms with van der Waals surface area (Å²) < 4.78 is 13.2. The van der Waals surface area contributed by atoms with Crippen LogP contribution in [0.2, 0.25) is 0 Å². The summed E-state index contributed by atoms with van der Waals surface area (Å²) in [4.78, 5) is 13.4. The minimum absolute atomic E-state index is 0.0698. The molecule has 5 heterocycles. The van der Waals surface area contributed by atoms with Crippen molar-refractivity contribution in [3.63, 3.8) is 0 Å². The molecule has 68 heavy (non-hydrogen) atoms. The molecule has 0 bridgehead atoms. The van der Waals surface area contributed by atoms with E-state index < -0.39 is 0 Å². The van der Waals surface area contributed by atoms with Crippen molar-refractivity contribution in [2.24, 2.45) is 15.9 Å². The molecule has 322 valence electrons. The van der Waals surface area contributed by atoms with E-state index in [9.17, 15) is 0 Å². The molecule has 0 saturated heterocycles. The number of hydrogen-bond donors (Lipinski definition) is 0. The summed E-state index contributed by atoms with van der Waals surface area (Å²) in [5.74, 6) is 1.02. The van der Waals surface area contributed by atoms with Gasteiger partial charge >= 0.3 is 0 Å². The highest BCUT2D eigenvalue weighted by atomic mass is 32.1. The Kier molecular flexibility index (Phi) is 8.30. The van der Waals surface area contributed by atoms with Crippen LogP contribution in [0.3, 0.4) is 0 Å². The zero-order valence-electron chi connectivity index (χ0n) is 37.1. The molecule has 0 amide bonds. The zero-order chi connectivity index (χ0) is 44.6. The van der Waals surface area contributed by atoms with Crippen molar-refractivity contribution in [1.29, 1.82) is 0 Å². The predicted octanol–water partition coefficient (Wildman–Crippen LogP) is 17.4. The van der Waals surface area contributed by atoms with Crippen LogP contribution in [0.1, 0.15) is 47.3 Å². The molecule has 0 fully saturated rings. The molecule has 6 heteroatoms. The number of fused-ring (bicyclic) bond motifs is 14. The molecule has 0 saturated carbocycles. The number of para-hydroxylation sites is 1. The van der Waals surface area contributed by atoms with Gasteiger partial charge in [0.05, 0.1) is 28.5 Å². The molecule has 0 radical (unpaired) electrons. The first-order chi connectivity index (χ1) is 33.6. The molecular formula is C62H41N3OS2. The molecule has 1 aliphatic carbocycles. The van der Waals surface area contributed by atoms with Crippen LogP contribution in [-0.4, -0.2) is 22.2 Å². The fourth-order valence-electron chi connectivity index (χ4n) is 11.8. The molecule has 4 aromatic heterocycles. The Morgan fingerprint density at radius 2 is 1.19 bits per heavy atom. The van der Waals surface area contributed by atoms with Gasteiger partial charge in [-0.3, -0.25) is 4.99 Å². The first kappa shape index (κ1) is 38.5. The lowest BCUT2D eigenvalue weighted by atomic mass is 9.76. The largest absolute Gasteiger partial charge is 0.456 e. The topological polar surface area (TPSA) is 42.8 Å². The Labute approximate surface area is 399 Å². The molecule has 4 nitrogen and oxygen atoms in total. The quantitative estimate of drug-likeness (QED) is 0.170. The second-order valence-corrected chi connectivity index (χ2v) is 20.7. The highest BCUT2D eigenvalue weighted by molar-refractivity contribution is 7.26. The number of thiophene rings is 2. The lowest BCUT2D eigenvalue weighted by Crippen LogP contribution is -2.37. The SMILES string of the molecule is CCC1C(c2cccc3c2sc2ccccc23)=NC(c2cc3c(cc2-n2c4cc5ccccc5cc4c4cc5ccccc5cc42)oc2ccccc23)=NC1C1CC=Cc2c1sc1ccccc21. The number of hydrogen-bond acceptors (Lipinski definition) is 5. The molecule has 1 aliphatic heterocycles. The smallest absolute Gasteiger partial charge is 0.157 e. The summed E-state index contributed by atoms with van der Waals surface area (Å²) >= 11 is 3.83. The van der Waals surface area contributed by atoms with E-state index in [1.54, 1.807) is 0 Å². The third kappa shape index (κ3) is 5.59. The minimum Gasteiger partial charge on any atom is -0.456 e. The van der Waals surface area contributed by atoms with E-state index in [1.165, 1.54) is 78.6 Å². The van der Waals surface area contributed by atoms with Gasteiger partial charge in [-0.25, -0.2) is 4.99 Å². The van der Waals surface area contributed by atoms with Crippen LogP contribution in [0.4, 0.5) is 0 Å². The number of aromatic nitrogens is 1. The summed E-state index contributed by atoms with van der Waals surface area (Å²) in [5, 5.41) is 13.3. The molecule has 0 spiro atoms. The highest BCUT2D eigenvalue weighted by Gasteiger charge is 2.40. The molecule has 2 aliphatic rings. The van der Waals surface area contributed by atoms with Gasteiger partial charge in [-0.1, -0.05) is 140 Å². The number of nitrogens with zero attached hydrogens (tertiary/aromatic N) is 3. The van der Waals surface area contributed by atoms with Crippen molar-refractivity contribution in [3.8, 4) is 5.69 Å². The van der Waals surface area contributed by atoms with Crippen LogP contribution >= 0.6 is 22.7 Å². The van der Waals surface area contributed by atoms with Gasteiger partial charge in [0.1, 0.15) is 11.2 Å². The maximum Gasteiger partial charge on any atom is 0.157 e. The van der Waals surface area contributed by atoms with Crippen LogP contribution in [0.5, 0.6) is 0 Å². The van der Waals surface area contributed by atoms with Gasteiger partial charge in [0.2, 0.25) is 0 Å². The molecule has 9 aromatic carbocycles. The van der Waals surface area contributed by atoms with E-state index in [4.69, 9.17) is 14.4 Å². The van der Waals surface area contributed by atoms with Crippen LogP contribution in [-0.2, 0) is 0 Å². The standard InChI is InChI=1S/C62H41N3OS2/c1-2-39-58(45-24-13-22-43-41-20-8-11-27-56(41)67-60(43)45)63-62(64-59(39)46-25-14-23-44-42-21-9-12-28-57(42)68-61(44)46)50-33-49-40-19-7-10-26-54(40)66-55(49)34-53(50)65-51-31-37-17-5-3-15-35(37)29-47(51)48-30-36-16-4-6-18-38(36)32-52(48)65/h3-24,26-34,39,46,59H,2,25H2,1H3. The van der Waals surface area contributed by atoms with Gasteiger partial charge in [-0.05, 0) is 93.9 Å².